The molecule has 2 heterocycles. The number of halogens is 2. The van der Waals surface area contributed by atoms with Gasteiger partial charge in [0.1, 0.15) is 17.4 Å². The number of rotatable bonds is 4. The van der Waals surface area contributed by atoms with Crippen LogP contribution in [-0.2, 0) is 0 Å². The molecule has 0 atom stereocenters. The van der Waals surface area contributed by atoms with Crippen LogP contribution in [0.2, 0.25) is 0 Å². The second-order valence-corrected chi connectivity index (χ2v) is 6.04. The van der Waals surface area contributed by atoms with Crippen molar-refractivity contribution in [3.63, 3.8) is 0 Å². The molecule has 0 bridgehead atoms. The fourth-order valence-corrected chi connectivity index (χ4v) is 2.47. The van der Waals surface area contributed by atoms with Crippen LogP contribution in [0.4, 0.5) is 10.2 Å². The van der Waals surface area contributed by atoms with Crippen molar-refractivity contribution in [2.75, 3.05) is 5.32 Å². The summed E-state index contributed by atoms with van der Waals surface area (Å²) in [5.74, 6) is 0.531. The second kappa shape index (κ2) is 7.40. The molecule has 0 saturated heterocycles. The Kier molecular flexibility index (Phi) is 5.04. The van der Waals surface area contributed by atoms with E-state index >= 15 is 0 Å². The molecule has 0 spiro atoms. The lowest BCUT2D eigenvalue weighted by molar-refractivity contribution is 0.102. The number of carbonyl (C=O) groups excluding carboxylic acids is 1. The van der Waals surface area contributed by atoms with Gasteiger partial charge >= 0.3 is 0 Å². The number of pyridine rings is 2. The predicted molar refractivity (Wildman–Crippen MR) is 95.3 cm³/mol. The van der Waals surface area contributed by atoms with Gasteiger partial charge in [-0.25, -0.2) is 14.4 Å². The number of aromatic nitrogens is 2. The summed E-state index contributed by atoms with van der Waals surface area (Å²) >= 11 is 3.22. The number of hydrogen-bond donors (Lipinski definition) is 1. The van der Waals surface area contributed by atoms with Gasteiger partial charge in [-0.15, -0.1) is 0 Å². The number of carbonyl (C=O) groups is 1. The molecule has 0 aliphatic rings. The van der Waals surface area contributed by atoms with Crippen LogP contribution in [0.1, 0.15) is 15.9 Å². The van der Waals surface area contributed by atoms with Crippen molar-refractivity contribution in [2.45, 2.75) is 6.92 Å². The van der Waals surface area contributed by atoms with E-state index in [2.05, 4.69) is 31.2 Å². The van der Waals surface area contributed by atoms with Crippen molar-refractivity contribution in [1.29, 1.82) is 0 Å². The average Bonchev–Trinajstić information content (AvgIpc) is 2.60. The third-order valence-corrected chi connectivity index (χ3v) is 3.97. The molecule has 0 aliphatic heterocycles. The maximum atomic E-state index is 13.1. The molecule has 5 nitrogen and oxygen atoms in total. The van der Waals surface area contributed by atoms with Gasteiger partial charge in [-0.2, -0.15) is 0 Å². The first kappa shape index (κ1) is 17.0. The number of aryl methyl sites for hydroxylation is 1. The molecule has 0 fully saturated rings. The average molecular weight is 402 g/mol. The Morgan fingerprint density at radius 3 is 2.72 bits per heavy atom. The minimum atomic E-state index is -0.371. The van der Waals surface area contributed by atoms with Gasteiger partial charge in [-0.3, -0.25) is 4.79 Å². The van der Waals surface area contributed by atoms with Crippen LogP contribution in [0, 0.1) is 12.7 Å². The Balaban J connectivity index is 1.71. The van der Waals surface area contributed by atoms with Crippen LogP contribution in [0.5, 0.6) is 11.6 Å². The molecule has 2 aromatic heterocycles. The molecule has 25 heavy (non-hydrogen) atoms. The monoisotopic (exact) mass is 401 g/mol. The van der Waals surface area contributed by atoms with E-state index in [-0.39, 0.29) is 17.6 Å². The molecule has 1 N–H and O–H groups in total. The van der Waals surface area contributed by atoms with Crippen LogP contribution in [-0.4, -0.2) is 15.9 Å². The zero-order chi connectivity index (χ0) is 17.8. The molecule has 0 saturated carbocycles. The Bertz CT molecular complexity index is 916. The molecular formula is C18H13BrFN3O2. The van der Waals surface area contributed by atoms with Gasteiger partial charge < -0.3 is 10.1 Å². The molecular weight excluding hydrogens is 389 g/mol. The van der Waals surface area contributed by atoms with Crippen molar-refractivity contribution in [3.05, 3.63) is 76.3 Å². The quantitative estimate of drug-likeness (QED) is 0.685. The zero-order valence-corrected chi connectivity index (χ0v) is 14.7. The lowest BCUT2D eigenvalue weighted by Crippen LogP contribution is -2.14. The number of amides is 1. The smallest absolute Gasteiger partial charge is 0.258 e. The van der Waals surface area contributed by atoms with E-state index < -0.39 is 0 Å². The van der Waals surface area contributed by atoms with E-state index in [0.29, 0.717) is 21.6 Å². The second-order valence-electron chi connectivity index (χ2n) is 5.18. The van der Waals surface area contributed by atoms with Crippen LogP contribution < -0.4 is 10.1 Å². The van der Waals surface area contributed by atoms with Crippen LogP contribution in [0.3, 0.4) is 0 Å². The fraction of sp³-hybridized carbons (Fsp3) is 0.0556. The maximum Gasteiger partial charge on any atom is 0.258 e. The number of benzene rings is 1. The van der Waals surface area contributed by atoms with E-state index in [4.69, 9.17) is 4.74 Å². The molecule has 126 valence electrons. The van der Waals surface area contributed by atoms with Gasteiger partial charge in [0.25, 0.3) is 5.91 Å². The van der Waals surface area contributed by atoms with Crippen LogP contribution >= 0.6 is 15.9 Å². The van der Waals surface area contributed by atoms with Gasteiger partial charge in [-0.1, -0.05) is 6.07 Å². The molecule has 0 unspecified atom stereocenters. The van der Waals surface area contributed by atoms with Crippen molar-refractivity contribution in [3.8, 4) is 11.6 Å². The first-order chi connectivity index (χ1) is 12.0. The van der Waals surface area contributed by atoms with Gasteiger partial charge in [0, 0.05) is 18.5 Å². The molecule has 3 rings (SSSR count). The maximum absolute atomic E-state index is 13.1. The van der Waals surface area contributed by atoms with Gasteiger partial charge in [0.2, 0.25) is 5.88 Å². The van der Waals surface area contributed by atoms with Crippen molar-refractivity contribution in [2.24, 2.45) is 0 Å². The summed E-state index contributed by atoms with van der Waals surface area (Å²) < 4.78 is 19.1. The minimum Gasteiger partial charge on any atom is -0.438 e. The number of nitrogens with one attached hydrogen (secondary N) is 1. The number of ether oxygens (including phenoxy) is 1. The van der Waals surface area contributed by atoms with E-state index in [9.17, 15) is 9.18 Å². The summed E-state index contributed by atoms with van der Waals surface area (Å²) in [6, 6.07) is 10.9. The summed E-state index contributed by atoms with van der Waals surface area (Å²) in [5.41, 5.74) is 1.24. The van der Waals surface area contributed by atoms with E-state index in [0.717, 1.165) is 5.56 Å². The standard InChI is InChI=1S/C18H13BrFN3O2/c1-11-3-2-8-21-17(11)23-18(24)12-4-7-16(22-10-12)25-15-6-5-13(20)9-14(15)19/h2-10H,1H3,(H,21,23,24). The Labute approximate surface area is 152 Å². The minimum absolute atomic E-state index is 0.290. The van der Waals surface area contributed by atoms with Gasteiger partial charge in [0.05, 0.1) is 10.0 Å². The van der Waals surface area contributed by atoms with E-state index in [1.54, 1.807) is 24.4 Å². The third kappa shape index (κ3) is 4.19. The number of nitrogens with zero attached hydrogens (tertiary/aromatic N) is 2. The van der Waals surface area contributed by atoms with E-state index in [1.807, 2.05) is 13.0 Å². The lowest BCUT2D eigenvalue weighted by atomic mass is 10.2. The SMILES string of the molecule is Cc1cccnc1NC(=O)c1ccc(Oc2ccc(F)cc2Br)nc1. The molecule has 3 aromatic rings. The van der Waals surface area contributed by atoms with Crippen LogP contribution in [0.25, 0.3) is 0 Å². The number of hydrogen-bond acceptors (Lipinski definition) is 4. The highest BCUT2D eigenvalue weighted by Gasteiger charge is 2.10. The first-order valence-electron chi connectivity index (χ1n) is 7.35. The zero-order valence-electron chi connectivity index (χ0n) is 13.2. The first-order valence-corrected chi connectivity index (χ1v) is 8.14. The highest BCUT2D eigenvalue weighted by Crippen LogP contribution is 2.29. The Morgan fingerprint density at radius 1 is 1.20 bits per heavy atom. The van der Waals surface area contributed by atoms with Crippen molar-refractivity contribution in [1.82, 2.24) is 9.97 Å². The normalized spacial score (nSPS) is 10.4. The molecule has 0 aliphatic carbocycles. The highest BCUT2D eigenvalue weighted by atomic mass is 79.9. The molecule has 1 amide bonds. The fourth-order valence-electron chi connectivity index (χ4n) is 2.04. The van der Waals surface area contributed by atoms with E-state index in [1.165, 1.54) is 24.4 Å². The summed E-state index contributed by atoms with van der Waals surface area (Å²) in [5, 5.41) is 2.73. The third-order valence-electron chi connectivity index (χ3n) is 3.35. The van der Waals surface area contributed by atoms with Crippen LogP contribution in [0.15, 0.2) is 59.3 Å². The topological polar surface area (TPSA) is 64.1 Å². The van der Waals surface area contributed by atoms with Crippen molar-refractivity contribution < 1.29 is 13.9 Å². The van der Waals surface area contributed by atoms with Crippen molar-refractivity contribution >= 4 is 27.7 Å². The van der Waals surface area contributed by atoms with Gasteiger partial charge in [0.15, 0.2) is 0 Å². The molecule has 0 radical (unpaired) electrons. The Hall–Kier alpha value is -2.80. The molecule has 7 heteroatoms. The molecule has 1 aromatic carbocycles. The van der Waals surface area contributed by atoms with Gasteiger partial charge in [-0.05, 0) is 58.7 Å². The highest BCUT2D eigenvalue weighted by molar-refractivity contribution is 9.10. The number of anilines is 1. The largest absolute Gasteiger partial charge is 0.438 e. The Morgan fingerprint density at radius 2 is 2.04 bits per heavy atom. The predicted octanol–water partition coefficient (Wildman–Crippen LogP) is 4.73. The summed E-state index contributed by atoms with van der Waals surface area (Å²) in [6.07, 6.45) is 3.01. The summed E-state index contributed by atoms with van der Waals surface area (Å²) in [7, 11) is 0. The lowest BCUT2D eigenvalue weighted by Gasteiger charge is -2.09. The summed E-state index contributed by atoms with van der Waals surface area (Å²) in [4.78, 5) is 20.5. The summed E-state index contributed by atoms with van der Waals surface area (Å²) in [6.45, 7) is 1.86.